The number of halogens is 1. The molecule has 0 N–H and O–H groups in total. The Morgan fingerprint density at radius 3 is 2.93 bits per heavy atom. The van der Waals surface area contributed by atoms with Gasteiger partial charge in [0, 0.05) is 18.5 Å². The molecule has 0 amide bonds. The number of hydrogen-bond donors (Lipinski definition) is 0. The highest BCUT2D eigenvalue weighted by atomic mass is 127. The number of rotatable bonds is 2. The largest absolute Gasteiger partial charge is 0.467 e. The monoisotopic (exact) mass is 302 g/mol. The van der Waals surface area contributed by atoms with Gasteiger partial charge in [-0.15, -0.1) is 0 Å². The van der Waals surface area contributed by atoms with Crippen LogP contribution in [0.25, 0.3) is 5.82 Å². The summed E-state index contributed by atoms with van der Waals surface area (Å²) in [6.07, 6.45) is 3.47. The highest BCUT2D eigenvalue weighted by molar-refractivity contribution is 14.1. The maximum absolute atomic E-state index is 4.92. The Labute approximate surface area is 94.3 Å². The molecule has 0 aliphatic heterocycles. The molecule has 0 aromatic carbocycles. The van der Waals surface area contributed by atoms with Crippen LogP contribution in [0.2, 0.25) is 0 Å². The van der Waals surface area contributed by atoms with E-state index in [1.165, 1.54) is 7.11 Å². The van der Waals surface area contributed by atoms with Gasteiger partial charge in [-0.05, 0) is 28.7 Å². The number of hydrogen-bond acceptors (Lipinski definition) is 4. The minimum absolute atomic E-state index is 0.341. The van der Waals surface area contributed by atoms with Crippen molar-refractivity contribution in [2.75, 3.05) is 7.11 Å². The van der Waals surface area contributed by atoms with Crippen molar-refractivity contribution in [1.29, 1.82) is 0 Å². The predicted octanol–water partition coefficient (Wildman–Crippen LogP) is 1.28. The molecule has 2 rings (SSSR count). The smallest absolute Gasteiger partial charge is 0.318 e. The molecule has 0 spiro atoms. The van der Waals surface area contributed by atoms with E-state index >= 15 is 0 Å². The Hall–Kier alpha value is -1.18. The molecule has 2 aromatic heterocycles. The third-order valence-electron chi connectivity index (χ3n) is 1.59. The molecule has 14 heavy (non-hydrogen) atoms. The summed E-state index contributed by atoms with van der Waals surface area (Å²) >= 11 is 2.14. The Morgan fingerprint density at radius 1 is 1.43 bits per heavy atom. The summed E-state index contributed by atoms with van der Waals surface area (Å²) in [5.41, 5.74) is 0. The van der Waals surface area contributed by atoms with Crippen LogP contribution in [0.15, 0.2) is 24.5 Å². The van der Waals surface area contributed by atoms with E-state index in [0.29, 0.717) is 11.8 Å². The highest BCUT2D eigenvalue weighted by Gasteiger charge is 2.02. The summed E-state index contributed by atoms with van der Waals surface area (Å²) in [6, 6.07) is 4.01. The van der Waals surface area contributed by atoms with Crippen LogP contribution in [0.1, 0.15) is 0 Å². The molecule has 72 valence electrons. The second-order valence-electron chi connectivity index (χ2n) is 2.48. The van der Waals surface area contributed by atoms with Crippen molar-refractivity contribution in [3.8, 4) is 11.8 Å². The van der Waals surface area contributed by atoms with Gasteiger partial charge in [0.25, 0.3) is 0 Å². The first kappa shape index (κ1) is 9.38. The molecule has 0 unspecified atom stereocenters. The molecule has 0 saturated carbocycles. The zero-order chi connectivity index (χ0) is 9.97. The lowest BCUT2D eigenvalue weighted by molar-refractivity contribution is 0.379. The van der Waals surface area contributed by atoms with Gasteiger partial charge in [0.1, 0.15) is 3.70 Å². The summed E-state index contributed by atoms with van der Waals surface area (Å²) in [5.74, 6) is 0.694. The Kier molecular flexibility index (Phi) is 2.62. The van der Waals surface area contributed by atoms with Crippen LogP contribution in [0.4, 0.5) is 0 Å². The fourth-order valence-corrected chi connectivity index (χ4v) is 1.38. The molecule has 0 fully saturated rings. The maximum Gasteiger partial charge on any atom is 0.318 e. The van der Waals surface area contributed by atoms with E-state index in [0.717, 1.165) is 3.70 Å². The van der Waals surface area contributed by atoms with Gasteiger partial charge in [-0.2, -0.15) is 10.1 Å². The van der Waals surface area contributed by atoms with Crippen molar-refractivity contribution in [1.82, 2.24) is 19.7 Å². The SMILES string of the molecule is COc1nccc(-n2ccc(I)n2)n1. The van der Waals surface area contributed by atoms with E-state index in [4.69, 9.17) is 4.74 Å². The lowest BCUT2D eigenvalue weighted by Gasteiger charge is -2.01. The van der Waals surface area contributed by atoms with Crippen molar-refractivity contribution >= 4 is 22.6 Å². The molecule has 0 radical (unpaired) electrons. The molecule has 0 aliphatic rings. The van der Waals surface area contributed by atoms with Crippen LogP contribution < -0.4 is 4.74 Å². The first-order valence-corrected chi connectivity index (χ1v) is 4.96. The molecule has 5 nitrogen and oxygen atoms in total. The molecule has 2 heterocycles. The average Bonchev–Trinajstić information content (AvgIpc) is 2.65. The van der Waals surface area contributed by atoms with Gasteiger partial charge in [0.2, 0.25) is 0 Å². The zero-order valence-corrected chi connectivity index (χ0v) is 9.54. The average molecular weight is 302 g/mol. The van der Waals surface area contributed by atoms with Gasteiger partial charge in [-0.3, -0.25) is 0 Å². The minimum Gasteiger partial charge on any atom is -0.467 e. The summed E-state index contributed by atoms with van der Waals surface area (Å²) in [7, 11) is 1.53. The van der Waals surface area contributed by atoms with Gasteiger partial charge < -0.3 is 4.74 Å². The third kappa shape index (κ3) is 1.84. The fourth-order valence-electron chi connectivity index (χ4n) is 0.987. The second kappa shape index (κ2) is 3.91. The quantitative estimate of drug-likeness (QED) is 0.784. The Morgan fingerprint density at radius 2 is 2.29 bits per heavy atom. The summed E-state index contributed by atoms with van der Waals surface area (Å²) in [4.78, 5) is 8.05. The van der Waals surface area contributed by atoms with Gasteiger partial charge in [0.15, 0.2) is 5.82 Å². The summed E-state index contributed by atoms with van der Waals surface area (Å²) in [6.45, 7) is 0. The van der Waals surface area contributed by atoms with Crippen LogP contribution in [-0.4, -0.2) is 26.9 Å². The van der Waals surface area contributed by atoms with Crippen LogP contribution in [-0.2, 0) is 0 Å². The Bertz CT molecular complexity index is 442. The zero-order valence-electron chi connectivity index (χ0n) is 7.38. The van der Waals surface area contributed by atoms with E-state index in [1.54, 1.807) is 16.9 Å². The predicted molar refractivity (Wildman–Crippen MR) is 58.4 cm³/mol. The maximum atomic E-state index is 4.92. The van der Waals surface area contributed by atoms with E-state index in [-0.39, 0.29) is 0 Å². The topological polar surface area (TPSA) is 52.8 Å². The molecule has 0 atom stereocenters. The van der Waals surface area contributed by atoms with Crippen LogP contribution >= 0.6 is 22.6 Å². The van der Waals surface area contributed by atoms with Crippen molar-refractivity contribution in [3.63, 3.8) is 0 Å². The number of aromatic nitrogens is 4. The van der Waals surface area contributed by atoms with Gasteiger partial charge in [-0.1, -0.05) is 0 Å². The van der Waals surface area contributed by atoms with Gasteiger partial charge >= 0.3 is 6.01 Å². The van der Waals surface area contributed by atoms with Crippen LogP contribution in [0, 0.1) is 3.70 Å². The number of methoxy groups -OCH3 is 1. The lowest BCUT2D eigenvalue weighted by Crippen LogP contribution is -2.01. The molecular formula is C8H7IN4O. The van der Waals surface area contributed by atoms with E-state index in [9.17, 15) is 0 Å². The number of nitrogens with zero attached hydrogens (tertiary/aromatic N) is 4. The third-order valence-corrected chi connectivity index (χ3v) is 2.17. The number of ether oxygens (including phenoxy) is 1. The van der Waals surface area contributed by atoms with Gasteiger partial charge in [-0.25, -0.2) is 9.67 Å². The summed E-state index contributed by atoms with van der Waals surface area (Å²) in [5, 5.41) is 4.21. The molecule has 6 heteroatoms. The van der Waals surface area contributed by atoms with Gasteiger partial charge in [0.05, 0.1) is 7.11 Å². The Balaban J connectivity index is 2.41. The second-order valence-corrected chi connectivity index (χ2v) is 3.59. The van der Waals surface area contributed by atoms with Crippen molar-refractivity contribution in [2.24, 2.45) is 0 Å². The van der Waals surface area contributed by atoms with E-state index in [1.807, 2.05) is 12.3 Å². The van der Waals surface area contributed by atoms with Crippen LogP contribution in [0.5, 0.6) is 6.01 Å². The van der Waals surface area contributed by atoms with E-state index in [2.05, 4.69) is 37.7 Å². The van der Waals surface area contributed by atoms with Crippen LogP contribution in [0.3, 0.4) is 0 Å². The lowest BCUT2D eigenvalue weighted by atomic mass is 10.6. The highest BCUT2D eigenvalue weighted by Crippen LogP contribution is 2.08. The fraction of sp³-hybridized carbons (Fsp3) is 0.125. The molecule has 0 saturated heterocycles. The first-order valence-electron chi connectivity index (χ1n) is 3.88. The van der Waals surface area contributed by atoms with E-state index < -0.39 is 0 Å². The molecule has 0 aliphatic carbocycles. The summed E-state index contributed by atoms with van der Waals surface area (Å²) < 4.78 is 7.51. The normalized spacial score (nSPS) is 10.1. The molecular weight excluding hydrogens is 295 g/mol. The first-order chi connectivity index (χ1) is 6.79. The minimum atomic E-state index is 0.341. The standard InChI is InChI=1S/C8H7IN4O/c1-14-8-10-4-2-7(11-8)13-5-3-6(9)12-13/h2-5H,1H3. The van der Waals surface area contributed by atoms with Crippen molar-refractivity contribution < 1.29 is 4.74 Å². The molecule has 0 bridgehead atoms. The van der Waals surface area contributed by atoms with Crippen molar-refractivity contribution in [3.05, 3.63) is 28.2 Å². The van der Waals surface area contributed by atoms with Crippen molar-refractivity contribution in [2.45, 2.75) is 0 Å². The molecule has 2 aromatic rings.